The van der Waals surface area contributed by atoms with Crippen LogP contribution in [0.25, 0.3) is 0 Å². The molecule has 1 aromatic heterocycles. The molecule has 0 radical (unpaired) electrons. The van der Waals surface area contributed by atoms with Crippen LogP contribution in [0.5, 0.6) is 6.01 Å². The standard InChI is InChI=1S/C36H48F2N8O2/c1-26-8-6-10-32(27(26)2)44-18-13-30-31(23-44)40-35(48-24-29-9-7-16-42(29)3)41-34(30)45-20-21-46(28(22-45)12-15-39)33(47)11-4-5-17-43-19-14-36(37,38)25-43/h4,6,8,10-11,28-29H,5,7,9,12-14,16-25H2,1-3H3/b11-4+/t28-,29-/m0/s1. The lowest BCUT2D eigenvalue weighted by Crippen LogP contribution is -2.55. The smallest absolute Gasteiger partial charge is 0.318 e. The number of carbonyl (C=O) groups is 1. The molecule has 10 nitrogen and oxygen atoms in total. The third kappa shape index (κ3) is 7.73. The van der Waals surface area contributed by atoms with Crippen molar-refractivity contribution in [2.75, 3.05) is 75.8 Å². The number of nitrogens with zero attached hydrogens (tertiary/aromatic N) is 8. The molecule has 6 rings (SSSR count). The molecule has 2 aromatic rings. The van der Waals surface area contributed by atoms with Gasteiger partial charge in [-0.1, -0.05) is 18.2 Å². The van der Waals surface area contributed by atoms with Crippen LogP contribution in [0.1, 0.15) is 54.5 Å². The van der Waals surface area contributed by atoms with Gasteiger partial charge in [0.25, 0.3) is 5.92 Å². The molecule has 0 bridgehead atoms. The predicted octanol–water partition coefficient (Wildman–Crippen LogP) is 4.35. The number of piperazine rings is 1. The van der Waals surface area contributed by atoms with E-state index in [0.717, 1.165) is 49.4 Å². The second-order valence-electron chi connectivity index (χ2n) is 13.8. The van der Waals surface area contributed by atoms with Crippen LogP contribution in [0.3, 0.4) is 0 Å². The number of fused-ring (bicyclic) bond motifs is 1. The van der Waals surface area contributed by atoms with E-state index < -0.39 is 5.92 Å². The van der Waals surface area contributed by atoms with Crippen molar-refractivity contribution < 1.29 is 18.3 Å². The summed E-state index contributed by atoms with van der Waals surface area (Å²) < 4.78 is 33.3. The van der Waals surface area contributed by atoms with Gasteiger partial charge in [0.2, 0.25) is 5.91 Å². The summed E-state index contributed by atoms with van der Waals surface area (Å²) in [5.74, 6) is -1.94. The van der Waals surface area contributed by atoms with Crippen LogP contribution in [0.15, 0.2) is 30.4 Å². The second kappa shape index (κ2) is 14.7. The van der Waals surface area contributed by atoms with E-state index in [1.54, 1.807) is 15.9 Å². The number of ether oxygens (including phenoxy) is 1. The number of likely N-dealkylation sites (N-methyl/N-ethyl adjacent to an activating group) is 1. The van der Waals surface area contributed by atoms with Crippen LogP contribution in [-0.4, -0.2) is 115 Å². The first kappa shape index (κ1) is 34.1. The van der Waals surface area contributed by atoms with Crippen LogP contribution >= 0.6 is 0 Å². The van der Waals surface area contributed by atoms with E-state index in [4.69, 9.17) is 14.7 Å². The highest BCUT2D eigenvalue weighted by Gasteiger charge is 2.38. The number of hydrogen-bond donors (Lipinski definition) is 0. The molecule has 12 heteroatoms. The molecule has 1 amide bonds. The number of aryl methyl sites for hydroxylation is 1. The van der Waals surface area contributed by atoms with Gasteiger partial charge in [-0.3, -0.25) is 9.69 Å². The molecule has 5 heterocycles. The quantitative estimate of drug-likeness (QED) is 0.345. The van der Waals surface area contributed by atoms with E-state index in [-0.39, 0.29) is 31.3 Å². The molecule has 0 spiro atoms. The maximum absolute atomic E-state index is 13.5. The largest absolute Gasteiger partial charge is 0.462 e. The van der Waals surface area contributed by atoms with Crippen LogP contribution < -0.4 is 14.5 Å². The maximum atomic E-state index is 13.5. The van der Waals surface area contributed by atoms with E-state index in [1.807, 2.05) is 0 Å². The van der Waals surface area contributed by atoms with Crippen molar-refractivity contribution in [2.24, 2.45) is 0 Å². The first-order valence-electron chi connectivity index (χ1n) is 17.3. The van der Waals surface area contributed by atoms with Gasteiger partial charge in [0.05, 0.1) is 37.3 Å². The van der Waals surface area contributed by atoms with Gasteiger partial charge in [0.1, 0.15) is 12.4 Å². The summed E-state index contributed by atoms with van der Waals surface area (Å²) in [5, 5.41) is 9.72. The highest BCUT2D eigenvalue weighted by Crippen LogP contribution is 2.34. The Balaban J connectivity index is 1.19. The minimum Gasteiger partial charge on any atom is -0.462 e. The van der Waals surface area contributed by atoms with Crippen molar-refractivity contribution in [1.29, 1.82) is 5.26 Å². The second-order valence-corrected chi connectivity index (χ2v) is 13.8. The highest BCUT2D eigenvalue weighted by molar-refractivity contribution is 5.88. The summed E-state index contributed by atoms with van der Waals surface area (Å²) in [4.78, 5) is 33.7. The number of hydrogen-bond acceptors (Lipinski definition) is 9. The summed E-state index contributed by atoms with van der Waals surface area (Å²) in [6.07, 6.45) is 6.93. The fourth-order valence-electron chi connectivity index (χ4n) is 7.51. The predicted molar refractivity (Wildman–Crippen MR) is 182 cm³/mol. The van der Waals surface area contributed by atoms with Crippen molar-refractivity contribution in [3.8, 4) is 12.1 Å². The van der Waals surface area contributed by atoms with Crippen LogP contribution in [-0.2, 0) is 17.8 Å². The van der Waals surface area contributed by atoms with Crippen molar-refractivity contribution >= 4 is 17.4 Å². The molecule has 3 saturated heterocycles. The molecule has 0 unspecified atom stereocenters. The minimum absolute atomic E-state index is 0.110. The minimum atomic E-state index is -2.62. The molecular formula is C36H48F2N8O2. The number of halogens is 2. The Morgan fingerprint density at radius 3 is 2.73 bits per heavy atom. The van der Waals surface area contributed by atoms with E-state index >= 15 is 0 Å². The van der Waals surface area contributed by atoms with E-state index in [2.05, 4.69) is 59.9 Å². The summed E-state index contributed by atoms with van der Waals surface area (Å²) in [5.41, 5.74) is 5.79. The maximum Gasteiger partial charge on any atom is 0.318 e. The van der Waals surface area contributed by atoms with Crippen molar-refractivity contribution in [3.05, 3.63) is 52.7 Å². The lowest BCUT2D eigenvalue weighted by atomic mass is 10.0. The first-order valence-corrected chi connectivity index (χ1v) is 17.3. The normalized spacial score (nSPS) is 23.1. The number of alkyl halides is 2. The van der Waals surface area contributed by atoms with Gasteiger partial charge in [-0.05, 0) is 76.4 Å². The lowest BCUT2D eigenvalue weighted by Gasteiger charge is -2.42. The number of aromatic nitrogens is 2. The molecule has 2 atom stereocenters. The molecule has 3 fully saturated rings. The van der Waals surface area contributed by atoms with Crippen LogP contribution in [0, 0.1) is 25.2 Å². The molecular weight excluding hydrogens is 614 g/mol. The zero-order valence-electron chi connectivity index (χ0n) is 28.5. The van der Waals surface area contributed by atoms with E-state index in [9.17, 15) is 18.8 Å². The fourth-order valence-corrected chi connectivity index (χ4v) is 7.51. The average molecular weight is 663 g/mol. The molecule has 0 N–H and O–H groups in total. The van der Waals surface area contributed by atoms with Gasteiger partial charge in [-0.15, -0.1) is 0 Å². The Labute approximate surface area is 283 Å². The summed E-state index contributed by atoms with van der Waals surface area (Å²) >= 11 is 0. The Kier molecular flexibility index (Phi) is 10.5. The summed E-state index contributed by atoms with van der Waals surface area (Å²) in [6.45, 7) is 9.52. The van der Waals surface area contributed by atoms with Gasteiger partial charge < -0.3 is 24.3 Å². The molecule has 4 aliphatic heterocycles. The van der Waals surface area contributed by atoms with Crippen molar-refractivity contribution in [3.63, 3.8) is 0 Å². The lowest BCUT2D eigenvalue weighted by molar-refractivity contribution is -0.128. The Morgan fingerprint density at radius 1 is 1.12 bits per heavy atom. The average Bonchev–Trinajstić information content (AvgIpc) is 3.65. The van der Waals surface area contributed by atoms with Crippen molar-refractivity contribution in [1.82, 2.24) is 24.7 Å². The number of benzene rings is 1. The summed E-state index contributed by atoms with van der Waals surface area (Å²) in [6, 6.07) is 9.09. The van der Waals surface area contributed by atoms with Crippen LogP contribution in [0.2, 0.25) is 0 Å². The molecule has 0 aliphatic carbocycles. The number of carbonyl (C=O) groups excluding carboxylic acids is 1. The van der Waals surface area contributed by atoms with E-state index in [0.29, 0.717) is 64.3 Å². The Hall–Kier alpha value is -3.82. The van der Waals surface area contributed by atoms with E-state index in [1.165, 1.54) is 22.9 Å². The number of rotatable bonds is 10. The molecule has 48 heavy (non-hydrogen) atoms. The number of nitriles is 1. The first-order chi connectivity index (χ1) is 23.1. The number of anilines is 2. The van der Waals surface area contributed by atoms with Crippen LogP contribution in [0.4, 0.5) is 20.3 Å². The van der Waals surface area contributed by atoms with Gasteiger partial charge >= 0.3 is 6.01 Å². The van der Waals surface area contributed by atoms with Gasteiger partial charge in [-0.25, -0.2) is 8.78 Å². The van der Waals surface area contributed by atoms with Gasteiger partial charge in [-0.2, -0.15) is 15.2 Å². The summed E-state index contributed by atoms with van der Waals surface area (Å²) in [7, 11) is 2.13. The molecule has 1 aromatic carbocycles. The number of amides is 1. The monoisotopic (exact) mass is 662 g/mol. The van der Waals surface area contributed by atoms with Gasteiger partial charge in [0, 0.05) is 63.0 Å². The third-order valence-electron chi connectivity index (χ3n) is 10.5. The zero-order chi connectivity index (χ0) is 33.8. The SMILES string of the molecule is Cc1cccc(N2CCc3c(nc(OC[C@@H]4CCCN4C)nc3N3CCN(C(=O)/C=C/CCN4CCC(F)(F)C4)[C@@H](CC#N)C3)C2)c1C. The van der Waals surface area contributed by atoms with Gasteiger partial charge in [0.15, 0.2) is 0 Å². The zero-order valence-corrected chi connectivity index (χ0v) is 28.5. The van der Waals surface area contributed by atoms with Crippen molar-refractivity contribution in [2.45, 2.75) is 76.9 Å². The topological polar surface area (TPSA) is 92.1 Å². The third-order valence-corrected chi connectivity index (χ3v) is 10.5. The number of likely N-dealkylation sites (tertiary alicyclic amines) is 2. The Bertz CT molecular complexity index is 1540. The highest BCUT2D eigenvalue weighted by atomic mass is 19.3. The fraction of sp³-hybridized carbons (Fsp3) is 0.611. The molecule has 258 valence electrons. The Morgan fingerprint density at radius 2 is 1.98 bits per heavy atom. The molecule has 0 saturated carbocycles. The molecule has 4 aliphatic rings.